The zero-order valence-corrected chi connectivity index (χ0v) is 74.0. The van der Waals surface area contributed by atoms with Crippen LogP contribution in [0.15, 0.2) is 219 Å². The summed E-state index contributed by atoms with van der Waals surface area (Å²) in [7, 11) is 0. The maximum atomic E-state index is 13.0. The predicted octanol–water partition coefficient (Wildman–Crippen LogP) is 21.4. The third kappa shape index (κ3) is 24.1. The molecule has 0 radical (unpaired) electrons. The smallest absolute Gasteiger partial charge is 0.253 e. The molecule has 20 heteroatoms. The summed E-state index contributed by atoms with van der Waals surface area (Å²) in [6.07, 6.45) is 22.8. The van der Waals surface area contributed by atoms with Gasteiger partial charge in [0.2, 0.25) is 0 Å². The lowest BCUT2D eigenvalue weighted by Gasteiger charge is -2.40. The van der Waals surface area contributed by atoms with Crippen LogP contribution in [0.2, 0.25) is 20.1 Å². The van der Waals surface area contributed by atoms with E-state index < -0.39 is 0 Å². The van der Waals surface area contributed by atoms with E-state index in [1.165, 1.54) is 75.8 Å². The monoisotopic (exact) mass is 1740 g/mol. The lowest BCUT2D eigenvalue weighted by atomic mass is 9.98. The maximum Gasteiger partial charge on any atom is 0.253 e. The molecule has 636 valence electrons. The summed E-state index contributed by atoms with van der Waals surface area (Å²) < 4.78 is 0. The lowest BCUT2D eigenvalue weighted by Crippen LogP contribution is -2.48. The molecular weight excluding hydrogens is 1650 g/mol. The molecule has 4 saturated heterocycles. The molecular formula is C106H100Cl4N12O4. The molecule has 0 aliphatic carbocycles. The second-order valence-corrected chi connectivity index (χ2v) is 34.3. The summed E-state index contributed by atoms with van der Waals surface area (Å²) in [4.78, 5) is 76.7. The molecule has 4 aromatic heterocycles. The van der Waals surface area contributed by atoms with Crippen LogP contribution in [0.5, 0.6) is 0 Å². The number of aromatic nitrogens is 4. The fourth-order valence-electron chi connectivity index (χ4n) is 16.2. The average molecular weight is 1750 g/mol. The van der Waals surface area contributed by atoms with Crippen LogP contribution < -0.4 is 22.9 Å². The van der Waals surface area contributed by atoms with E-state index in [1.54, 1.807) is 24.8 Å². The summed E-state index contributed by atoms with van der Waals surface area (Å²) in [6, 6.07) is 61.2. The Bertz CT molecular complexity index is 6370. The number of halogens is 4. The summed E-state index contributed by atoms with van der Waals surface area (Å²) in [5, 5.41) is 9.76. The van der Waals surface area contributed by atoms with Gasteiger partial charge in [0.05, 0.1) is 22.3 Å². The highest BCUT2D eigenvalue weighted by atomic mass is 35.5. The first kappa shape index (κ1) is 89.7. The lowest BCUT2D eigenvalue weighted by molar-refractivity contribution is 0.0589. The van der Waals surface area contributed by atoms with Gasteiger partial charge in [-0.1, -0.05) is 192 Å². The molecule has 9 aromatic carbocycles. The zero-order valence-electron chi connectivity index (χ0n) is 70.9. The number of likely N-dealkylation sites (tertiary alicyclic amines) is 4. The van der Waals surface area contributed by atoms with E-state index in [1.807, 2.05) is 180 Å². The Morgan fingerprint density at radius 3 is 1.03 bits per heavy atom. The molecule has 4 aliphatic heterocycles. The predicted molar refractivity (Wildman–Crippen MR) is 515 cm³/mol. The van der Waals surface area contributed by atoms with Crippen molar-refractivity contribution in [1.29, 1.82) is 0 Å². The fourth-order valence-corrected chi connectivity index (χ4v) is 16.9. The molecule has 2 amide bonds. The van der Waals surface area contributed by atoms with Gasteiger partial charge in [0.25, 0.3) is 11.8 Å². The molecule has 16 nitrogen and oxygen atoms in total. The molecule has 8 N–H and O–H groups in total. The van der Waals surface area contributed by atoms with Gasteiger partial charge in [0, 0.05) is 178 Å². The standard InChI is InChI=1S/C28H29ClN4O.C28H23ClN2O.C26H26ClN3O.C24H22ClN3O/c29-23-10-9-22-19-31-27(30)25(26(22)18-23)11-6-20-4-7-21(8-5-20)28(34)33-16-12-24(13-17-33)32-14-2-1-3-15-32;1-19-5-7-20(8-6-19)3-2-4-27(32)22-12-9-21(10-13-22)11-16-25-26-17-24(29)15-14-23(26)18-31-28(25)30;27-22-12-11-21-18-29-26(28)23(24(21)17-22)13-8-19-6-9-20(10-7-19)25(31)5-4-16-30-14-2-1-3-15-30;1-16-10-12-28(13-11-16)24(29)18-5-2-17(3-6-18)4-9-21-22-14-20(25)8-7-19(22)15-27-23(21)26/h4-5,7-10,18-19,24H,1-3,12-17H2,(H2,30,31);5-10,12-15,17-18H,2-4H2,1H3,(H2,30,31);6-7,9-12,17-18H,1-5,14-16H2,(H2,28,29);2-3,5-8,14-16H,10-13H2,1H3,(H2,26,27). The van der Waals surface area contributed by atoms with E-state index in [9.17, 15) is 19.2 Å². The molecule has 0 bridgehead atoms. The summed E-state index contributed by atoms with van der Waals surface area (Å²) in [6.45, 7) is 13.4. The van der Waals surface area contributed by atoms with Crippen molar-refractivity contribution in [2.24, 2.45) is 5.92 Å². The van der Waals surface area contributed by atoms with Crippen molar-refractivity contribution in [1.82, 2.24) is 39.5 Å². The number of hydrogen-bond donors (Lipinski definition) is 4. The molecule has 0 saturated carbocycles. The number of piperidine rings is 4. The first-order chi connectivity index (χ1) is 61.2. The van der Waals surface area contributed by atoms with E-state index in [0.29, 0.717) is 107 Å². The fraction of sp³-hybridized carbons (Fsp3) is 0.264. The van der Waals surface area contributed by atoms with Crippen LogP contribution in [-0.4, -0.2) is 128 Å². The van der Waals surface area contributed by atoms with Crippen molar-refractivity contribution < 1.29 is 19.2 Å². The van der Waals surface area contributed by atoms with Crippen LogP contribution in [0.4, 0.5) is 23.3 Å². The molecule has 4 aliphatic rings. The molecule has 17 rings (SSSR count). The number of pyridine rings is 4. The van der Waals surface area contributed by atoms with Crippen molar-refractivity contribution in [2.45, 2.75) is 116 Å². The Hall–Kier alpha value is -12.6. The van der Waals surface area contributed by atoms with Crippen LogP contribution in [0, 0.1) is 60.2 Å². The minimum Gasteiger partial charge on any atom is -0.383 e. The summed E-state index contributed by atoms with van der Waals surface area (Å²) in [5.41, 5.74) is 35.5. The van der Waals surface area contributed by atoms with E-state index >= 15 is 0 Å². The molecule has 8 heterocycles. The molecule has 4 fully saturated rings. The molecule has 13 aromatic rings. The highest BCUT2D eigenvalue weighted by Crippen LogP contribution is 2.32. The number of hydrogen-bond acceptors (Lipinski definition) is 14. The Labute approximate surface area is 757 Å². The summed E-state index contributed by atoms with van der Waals surface area (Å²) >= 11 is 24.6. The van der Waals surface area contributed by atoms with Gasteiger partial charge in [0.1, 0.15) is 23.3 Å². The van der Waals surface area contributed by atoms with Gasteiger partial charge in [-0.05, 0) is 243 Å². The summed E-state index contributed by atoms with van der Waals surface area (Å²) in [5.74, 6) is 27.8. The average Bonchev–Trinajstić information content (AvgIpc) is 0.813. The second-order valence-electron chi connectivity index (χ2n) is 32.6. The number of ketones is 2. The Balaban J connectivity index is 0.000000137. The maximum absolute atomic E-state index is 13.0. The number of aryl methyl sites for hydroxylation is 2. The van der Waals surface area contributed by atoms with Crippen LogP contribution in [-0.2, 0) is 6.42 Å². The van der Waals surface area contributed by atoms with Crippen LogP contribution in [0.25, 0.3) is 43.1 Å². The molecule has 0 spiro atoms. The van der Waals surface area contributed by atoms with Crippen molar-refractivity contribution in [2.75, 3.05) is 81.8 Å². The number of nitrogen functional groups attached to an aromatic ring is 4. The van der Waals surface area contributed by atoms with Crippen LogP contribution >= 0.6 is 46.4 Å². The van der Waals surface area contributed by atoms with E-state index in [0.717, 1.165) is 149 Å². The van der Waals surface area contributed by atoms with Gasteiger partial charge in [-0.3, -0.25) is 19.2 Å². The number of carbonyl (C=O) groups is 4. The van der Waals surface area contributed by atoms with E-state index in [2.05, 4.69) is 115 Å². The zero-order chi connectivity index (χ0) is 88.0. The number of carbonyl (C=O) groups excluding carboxylic acids is 4. The minimum atomic E-state index is 0.0912. The quantitative estimate of drug-likeness (QED) is 0.0621. The first-order valence-corrected chi connectivity index (χ1v) is 44.7. The first-order valence-electron chi connectivity index (χ1n) is 43.2. The highest BCUT2D eigenvalue weighted by molar-refractivity contribution is 6.32. The van der Waals surface area contributed by atoms with Gasteiger partial charge in [-0.15, -0.1) is 0 Å². The number of anilines is 4. The van der Waals surface area contributed by atoms with E-state index in [-0.39, 0.29) is 23.4 Å². The largest absolute Gasteiger partial charge is 0.383 e. The number of Topliss-reactive ketones (excluding diaryl/α,β-unsaturated/α-hetero) is 2. The molecule has 126 heavy (non-hydrogen) atoms. The van der Waals surface area contributed by atoms with Crippen molar-refractivity contribution in [3.05, 3.63) is 317 Å². The number of benzene rings is 9. The van der Waals surface area contributed by atoms with Gasteiger partial charge < -0.3 is 42.5 Å². The number of nitrogens with zero attached hydrogens (tertiary/aromatic N) is 8. The van der Waals surface area contributed by atoms with Gasteiger partial charge in [-0.2, -0.15) is 0 Å². The Morgan fingerprint density at radius 1 is 0.365 bits per heavy atom. The number of rotatable bonds is 13. The van der Waals surface area contributed by atoms with Crippen molar-refractivity contribution in [3.8, 4) is 47.4 Å². The van der Waals surface area contributed by atoms with Crippen molar-refractivity contribution in [3.63, 3.8) is 0 Å². The molecule has 0 unspecified atom stereocenters. The topological polar surface area (TPSA) is 237 Å². The number of amides is 2. The third-order valence-electron chi connectivity index (χ3n) is 23.6. The van der Waals surface area contributed by atoms with Crippen LogP contribution in [0.3, 0.4) is 0 Å². The third-order valence-corrected chi connectivity index (χ3v) is 24.5. The van der Waals surface area contributed by atoms with Gasteiger partial charge >= 0.3 is 0 Å². The SMILES string of the molecule is CC1CCN(C(=O)c2ccc(C#Cc3c(N)ncc4ccc(Cl)cc34)cc2)CC1.Cc1ccc(CCCC(=O)c2ccc(C#Cc3c(N)ncc4ccc(Cl)cc34)cc2)cc1.Nc1ncc2ccc(Cl)cc2c1C#Cc1ccc(C(=O)CCCN2CCCCC2)cc1.Nc1ncc2ccc(Cl)cc2c1C#Cc1ccc(C(=O)N2CCC(N3CCCCC3)CC2)cc1. The molecule has 0 atom stereocenters. The van der Waals surface area contributed by atoms with Gasteiger partial charge in [-0.25, -0.2) is 19.9 Å². The van der Waals surface area contributed by atoms with Crippen molar-refractivity contribution >= 4 is 136 Å². The number of nitrogens with two attached hydrogens (primary N) is 4. The minimum absolute atomic E-state index is 0.0912. The van der Waals surface area contributed by atoms with E-state index in [4.69, 9.17) is 69.3 Å². The van der Waals surface area contributed by atoms with Gasteiger partial charge in [0.15, 0.2) is 11.6 Å². The Morgan fingerprint density at radius 2 is 0.683 bits per heavy atom. The second kappa shape index (κ2) is 43.4. The Kier molecular flexibility index (Phi) is 30.9. The number of fused-ring (bicyclic) bond motifs is 4. The van der Waals surface area contributed by atoms with Crippen LogP contribution in [0.1, 0.15) is 194 Å². The highest BCUT2D eigenvalue weighted by Gasteiger charge is 2.29. The normalized spacial score (nSPS) is 14.2.